The van der Waals surface area contributed by atoms with Crippen LogP contribution < -0.4 is 15.4 Å². The molecule has 0 aromatic heterocycles. The standard InChI is InChI=1S/C19H21F2N3O2.ClH/c20-17-6-5-16(13-18(17)21)26-15-3-1-14(2-4-15)19(25)23-9-12-24-10-7-22-8-11-24;/h1-6,13,22H,7-12H2,(H,23,25);1H. The molecule has 1 heterocycles. The molecule has 0 radical (unpaired) electrons. The van der Waals surface area contributed by atoms with Crippen LogP contribution in [0.25, 0.3) is 0 Å². The zero-order valence-electron chi connectivity index (χ0n) is 14.7. The third-order valence-corrected chi connectivity index (χ3v) is 4.17. The molecule has 27 heavy (non-hydrogen) atoms. The summed E-state index contributed by atoms with van der Waals surface area (Å²) < 4.78 is 31.6. The quantitative estimate of drug-likeness (QED) is 0.787. The predicted octanol–water partition coefficient (Wildman–Crippen LogP) is 2.81. The van der Waals surface area contributed by atoms with E-state index in [1.807, 2.05) is 0 Å². The van der Waals surface area contributed by atoms with Gasteiger partial charge >= 0.3 is 0 Å². The van der Waals surface area contributed by atoms with Crippen LogP contribution in [0.4, 0.5) is 8.78 Å². The summed E-state index contributed by atoms with van der Waals surface area (Å²) in [5.41, 5.74) is 0.517. The molecule has 0 atom stereocenters. The Morgan fingerprint density at radius 3 is 2.37 bits per heavy atom. The summed E-state index contributed by atoms with van der Waals surface area (Å²) in [4.78, 5) is 14.5. The number of carbonyl (C=O) groups excluding carboxylic acids is 1. The average Bonchev–Trinajstić information content (AvgIpc) is 2.66. The summed E-state index contributed by atoms with van der Waals surface area (Å²) in [6.07, 6.45) is 0. The summed E-state index contributed by atoms with van der Waals surface area (Å²) in [7, 11) is 0. The molecule has 0 unspecified atom stereocenters. The van der Waals surface area contributed by atoms with E-state index in [-0.39, 0.29) is 24.1 Å². The van der Waals surface area contributed by atoms with Crippen molar-refractivity contribution < 1.29 is 18.3 Å². The molecule has 2 aromatic carbocycles. The van der Waals surface area contributed by atoms with Gasteiger partial charge in [-0.25, -0.2) is 8.78 Å². The zero-order valence-corrected chi connectivity index (χ0v) is 15.5. The number of benzene rings is 2. The van der Waals surface area contributed by atoms with Crippen molar-refractivity contribution in [1.29, 1.82) is 0 Å². The second-order valence-corrected chi connectivity index (χ2v) is 6.05. The number of nitrogens with zero attached hydrogens (tertiary/aromatic N) is 1. The fourth-order valence-electron chi connectivity index (χ4n) is 2.72. The minimum atomic E-state index is -0.969. The first-order valence-corrected chi connectivity index (χ1v) is 8.56. The van der Waals surface area contributed by atoms with Gasteiger partial charge in [-0.15, -0.1) is 12.4 Å². The van der Waals surface area contributed by atoms with E-state index in [2.05, 4.69) is 15.5 Å². The smallest absolute Gasteiger partial charge is 0.251 e. The zero-order chi connectivity index (χ0) is 18.4. The Bertz CT molecular complexity index is 753. The van der Waals surface area contributed by atoms with E-state index in [9.17, 15) is 13.6 Å². The molecule has 0 bridgehead atoms. The van der Waals surface area contributed by atoms with Crippen LogP contribution in [0.3, 0.4) is 0 Å². The van der Waals surface area contributed by atoms with Gasteiger partial charge in [0.1, 0.15) is 11.5 Å². The topological polar surface area (TPSA) is 53.6 Å². The van der Waals surface area contributed by atoms with Crippen LogP contribution in [0.15, 0.2) is 42.5 Å². The minimum absolute atomic E-state index is 0. The molecule has 2 N–H and O–H groups in total. The molecule has 3 rings (SSSR count). The third-order valence-electron chi connectivity index (χ3n) is 4.17. The number of rotatable bonds is 6. The lowest BCUT2D eigenvalue weighted by Crippen LogP contribution is -2.46. The van der Waals surface area contributed by atoms with Gasteiger partial charge in [-0.2, -0.15) is 0 Å². The Morgan fingerprint density at radius 2 is 1.70 bits per heavy atom. The molecule has 1 aliphatic heterocycles. The highest BCUT2D eigenvalue weighted by atomic mass is 35.5. The fraction of sp³-hybridized carbons (Fsp3) is 0.316. The lowest BCUT2D eigenvalue weighted by atomic mass is 10.2. The number of carbonyl (C=O) groups is 1. The van der Waals surface area contributed by atoms with E-state index in [0.717, 1.165) is 44.9 Å². The molecule has 146 valence electrons. The van der Waals surface area contributed by atoms with E-state index in [4.69, 9.17) is 4.74 Å². The van der Waals surface area contributed by atoms with E-state index in [0.29, 0.717) is 17.9 Å². The Kier molecular flexibility index (Phi) is 7.97. The van der Waals surface area contributed by atoms with Gasteiger partial charge in [0.15, 0.2) is 11.6 Å². The van der Waals surface area contributed by atoms with Gasteiger partial charge < -0.3 is 15.4 Å². The third kappa shape index (κ3) is 6.16. The normalized spacial score (nSPS) is 14.3. The molecule has 8 heteroatoms. The number of hydrogen-bond donors (Lipinski definition) is 2. The van der Waals surface area contributed by atoms with Crippen LogP contribution >= 0.6 is 12.4 Å². The highest BCUT2D eigenvalue weighted by Crippen LogP contribution is 2.23. The summed E-state index contributed by atoms with van der Waals surface area (Å²) in [5, 5.41) is 6.18. The second-order valence-electron chi connectivity index (χ2n) is 6.05. The first-order valence-electron chi connectivity index (χ1n) is 8.56. The van der Waals surface area contributed by atoms with Gasteiger partial charge in [0.05, 0.1) is 0 Å². The van der Waals surface area contributed by atoms with Crippen molar-refractivity contribution in [2.24, 2.45) is 0 Å². The average molecular weight is 398 g/mol. The highest BCUT2D eigenvalue weighted by Gasteiger charge is 2.11. The first kappa shape index (κ1) is 21.1. The molecular formula is C19H22ClF2N3O2. The summed E-state index contributed by atoms with van der Waals surface area (Å²) in [5.74, 6) is -1.42. The lowest BCUT2D eigenvalue weighted by molar-refractivity contribution is 0.0947. The van der Waals surface area contributed by atoms with Gasteiger partial charge in [-0.05, 0) is 36.4 Å². The van der Waals surface area contributed by atoms with Gasteiger partial charge in [0.25, 0.3) is 5.91 Å². The molecule has 5 nitrogen and oxygen atoms in total. The van der Waals surface area contributed by atoms with Gasteiger partial charge in [0.2, 0.25) is 0 Å². The van der Waals surface area contributed by atoms with Crippen molar-refractivity contribution >= 4 is 18.3 Å². The minimum Gasteiger partial charge on any atom is -0.457 e. The molecule has 1 aliphatic rings. The Balaban J connectivity index is 0.00000261. The maximum Gasteiger partial charge on any atom is 0.251 e. The van der Waals surface area contributed by atoms with Gasteiger partial charge in [0, 0.05) is 50.9 Å². The number of hydrogen-bond acceptors (Lipinski definition) is 4. The molecule has 2 aromatic rings. The molecule has 1 fully saturated rings. The monoisotopic (exact) mass is 397 g/mol. The van der Waals surface area contributed by atoms with Crippen molar-refractivity contribution in [1.82, 2.24) is 15.5 Å². The summed E-state index contributed by atoms with van der Waals surface area (Å²) >= 11 is 0. The van der Waals surface area contributed by atoms with E-state index in [1.165, 1.54) is 6.07 Å². The van der Waals surface area contributed by atoms with Crippen molar-refractivity contribution in [2.75, 3.05) is 39.3 Å². The van der Waals surface area contributed by atoms with Crippen LogP contribution in [0.2, 0.25) is 0 Å². The maximum atomic E-state index is 13.2. The van der Waals surface area contributed by atoms with Crippen molar-refractivity contribution in [3.05, 3.63) is 59.7 Å². The van der Waals surface area contributed by atoms with Crippen molar-refractivity contribution in [3.63, 3.8) is 0 Å². The Morgan fingerprint density at radius 1 is 1.04 bits per heavy atom. The Hall–Kier alpha value is -2.22. The number of ether oxygens (including phenoxy) is 1. The van der Waals surface area contributed by atoms with Crippen LogP contribution in [0.1, 0.15) is 10.4 Å². The van der Waals surface area contributed by atoms with Crippen LogP contribution in [0.5, 0.6) is 11.5 Å². The second kappa shape index (κ2) is 10.2. The van der Waals surface area contributed by atoms with Crippen molar-refractivity contribution in [3.8, 4) is 11.5 Å². The molecule has 0 saturated carbocycles. The highest BCUT2D eigenvalue weighted by molar-refractivity contribution is 5.94. The lowest BCUT2D eigenvalue weighted by Gasteiger charge is -2.27. The number of amides is 1. The predicted molar refractivity (Wildman–Crippen MR) is 102 cm³/mol. The molecule has 0 aliphatic carbocycles. The van der Waals surface area contributed by atoms with E-state index < -0.39 is 11.6 Å². The van der Waals surface area contributed by atoms with Crippen LogP contribution in [-0.2, 0) is 0 Å². The van der Waals surface area contributed by atoms with E-state index in [1.54, 1.807) is 24.3 Å². The van der Waals surface area contributed by atoms with Crippen LogP contribution in [-0.4, -0.2) is 50.1 Å². The van der Waals surface area contributed by atoms with Gasteiger partial charge in [-0.1, -0.05) is 0 Å². The Labute approximate surface area is 163 Å². The maximum absolute atomic E-state index is 13.2. The summed E-state index contributed by atoms with van der Waals surface area (Å²) in [6, 6.07) is 9.83. The summed E-state index contributed by atoms with van der Waals surface area (Å²) in [6.45, 7) is 5.36. The molecule has 1 amide bonds. The molecular weight excluding hydrogens is 376 g/mol. The van der Waals surface area contributed by atoms with Gasteiger partial charge in [-0.3, -0.25) is 9.69 Å². The van der Waals surface area contributed by atoms with Crippen molar-refractivity contribution in [2.45, 2.75) is 0 Å². The van der Waals surface area contributed by atoms with E-state index >= 15 is 0 Å². The first-order chi connectivity index (χ1) is 12.6. The number of nitrogens with one attached hydrogen (secondary N) is 2. The largest absolute Gasteiger partial charge is 0.457 e. The number of piperazine rings is 1. The number of halogens is 3. The fourth-order valence-corrected chi connectivity index (χ4v) is 2.72. The molecule has 0 spiro atoms. The SMILES string of the molecule is Cl.O=C(NCCN1CCNCC1)c1ccc(Oc2ccc(F)c(F)c2)cc1. The molecule has 1 saturated heterocycles. The van der Waals surface area contributed by atoms with Crippen LogP contribution in [0, 0.1) is 11.6 Å².